The van der Waals surface area contributed by atoms with Gasteiger partial charge in [0.05, 0.1) is 32.7 Å². The molecule has 0 radical (unpaired) electrons. The summed E-state index contributed by atoms with van der Waals surface area (Å²) in [5, 5.41) is 25.8. The number of hydrogen-bond acceptors (Lipinski definition) is 5. The highest BCUT2D eigenvalue weighted by Crippen LogP contribution is 2.37. The second kappa shape index (κ2) is 11.6. The van der Waals surface area contributed by atoms with Gasteiger partial charge >= 0.3 is 6.03 Å². The molecule has 0 aliphatic heterocycles. The van der Waals surface area contributed by atoms with Gasteiger partial charge in [-0.3, -0.25) is 25.1 Å². The van der Waals surface area contributed by atoms with Crippen molar-refractivity contribution in [1.29, 1.82) is 0 Å². The molecule has 0 aliphatic rings. The Morgan fingerprint density at radius 1 is 0.861 bits per heavy atom. The van der Waals surface area contributed by atoms with Crippen LogP contribution in [0.5, 0.6) is 0 Å². The quantitative estimate of drug-likeness (QED) is 0.243. The van der Waals surface area contributed by atoms with Crippen LogP contribution in [0, 0.1) is 20.2 Å². The Balaban J connectivity index is 2.05. The Hall–Kier alpha value is -3.98. The maximum atomic E-state index is 13.7. The van der Waals surface area contributed by atoms with Crippen molar-refractivity contribution in [3.8, 4) is 0 Å². The molecule has 10 heteroatoms. The van der Waals surface area contributed by atoms with Crippen LogP contribution in [0.25, 0.3) is 0 Å². The lowest BCUT2D eigenvalue weighted by molar-refractivity contribution is -0.385. The molecule has 9 nitrogen and oxygen atoms in total. The van der Waals surface area contributed by atoms with E-state index in [1.54, 1.807) is 19.1 Å². The number of nitrogens with zero attached hydrogens (tertiary/aromatic N) is 3. The first-order valence-corrected chi connectivity index (χ1v) is 12.0. The molecule has 0 bridgehead atoms. The van der Waals surface area contributed by atoms with Crippen molar-refractivity contribution in [1.82, 2.24) is 0 Å². The van der Waals surface area contributed by atoms with Gasteiger partial charge in [-0.2, -0.15) is 0 Å². The molecular formula is C26H27ClN4O5. The smallest absolute Gasteiger partial charge is 0.307 e. The van der Waals surface area contributed by atoms with E-state index in [1.807, 2.05) is 38.1 Å². The summed E-state index contributed by atoms with van der Waals surface area (Å²) in [6.07, 6.45) is 1.62. The highest BCUT2D eigenvalue weighted by molar-refractivity contribution is 6.32. The summed E-state index contributed by atoms with van der Waals surface area (Å²) in [6, 6.07) is 14.3. The van der Waals surface area contributed by atoms with Crippen LogP contribution >= 0.6 is 11.6 Å². The number of nitrogens with one attached hydrogen (secondary N) is 1. The van der Waals surface area contributed by atoms with Crippen LogP contribution in [0.15, 0.2) is 54.6 Å². The number of hydrogen-bond donors (Lipinski definition) is 1. The van der Waals surface area contributed by atoms with Gasteiger partial charge < -0.3 is 5.32 Å². The number of aryl methyl sites for hydroxylation is 1. The van der Waals surface area contributed by atoms with E-state index in [0.29, 0.717) is 40.9 Å². The van der Waals surface area contributed by atoms with Gasteiger partial charge in [0.2, 0.25) is 0 Å². The zero-order chi connectivity index (χ0) is 26.4. The fraction of sp³-hybridized carbons (Fsp3) is 0.269. The van der Waals surface area contributed by atoms with E-state index in [4.69, 9.17) is 11.6 Å². The molecule has 3 aromatic rings. The summed E-state index contributed by atoms with van der Waals surface area (Å²) in [5.41, 5.74) is 3.53. The molecule has 0 aliphatic carbocycles. The Kier molecular flexibility index (Phi) is 8.60. The van der Waals surface area contributed by atoms with Crippen molar-refractivity contribution in [3.05, 3.63) is 102 Å². The standard InChI is InChI=1S/C26H27ClN4O5/c1-4-17-7-11-19(12-8-17)29(16-18-9-13-20(14-10-18)30(33)34)26(32)28-25-21(5-2)23(27)15-24(31(35)36)22(25)6-3/h7-15H,4-6,16H2,1-3H3,(H,28,32). The molecule has 2 amide bonds. The van der Waals surface area contributed by atoms with E-state index in [1.165, 1.54) is 23.1 Å². The first-order chi connectivity index (χ1) is 17.2. The van der Waals surface area contributed by atoms with Crippen molar-refractivity contribution in [2.75, 3.05) is 10.2 Å². The van der Waals surface area contributed by atoms with Crippen molar-refractivity contribution >= 4 is 40.4 Å². The monoisotopic (exact) mass is 510 g/mol. The van der Waals surface area contributed by atoms with E-state index in [9.17, 15) is 25.0 Å². The van der Waals surface area contributed by atoms with E-state index in [2.05, 4.69) is 5.32 Å². The molecule has 0 heterocycles. The average Bonchev–Trinajstić information content (AvgIpc) is 2.87. The lowest BCUT2D eigenvalue weighted by Crippen LogP contribution is -2.35. The molecule has 3 rings (SSSR count). The van der Waals surface area contributed by atoms with Crippen molar-refractivity contribution in [2.45, 2.75) is 46.6 Å². The zero-order valence-corrected chi connectivity index (χ0v) is 21.0. The van der Waals surface area contributed by atoms with Crippen LogP contribution in [0.3, 0.4) is 0 Å². The summed E-state index contributed by atoms with van der Waals surface area (Å²) in [6.45, 7) is 5.80. The van der Waals surface area contributed by atoms with Crippen LogP contribution < -0.4 is 10.2 Å². The van der Waals surface area contributed by atoms with Crippen LogP contribution in [0.1, 0.15) is 43.0 Å². The van der Waals surface area contributed by atoms with Crippen LogP contribution in [0.4, 0.5) is 27.5 Å². The fourth-order valence-corrected chi connectivity index (χ4v) is 4.34. The number of urea groups is 1. The number of carbonyl (C=O) groups excluding carboxylic acids is 1. The first-order valence-electron chi connectivity index (χ1n) is 11.6. The Morgan fingerprint density at radius 3 is 1.94 bits per heavy atom. The summed E-state index contributed by atoms with van der Waals surface area (Å²) in [7, 11) is 0. The molecular weight excluding hydrogens is 484 g/mol. The molecule has 0 saturated carbocycles. The molecule has 0 fully saturated rings. The molecule has 188 valence electrons. The van der Waals surface area contributed by atoms with Crippen molar-refractivity contribution < 1.29 is 14.6 Å². The summed E-state index contributed by atoms with van der Waals surface area (Å²) in [5.74, 6) is 0. The van der Waals surface area contributed by atoms with Gasteiger partial charge in [0, 0.05) is 23.9 Å². The van der Waals surface area contributed by atoms with Gasteiger partial charge in [-0.25, -0.2) is 4.79 Å². The molecule has 0 aromatic heterocycles. The second-order valence-electron chi connectivity index (χ2n) is 8.13. The topological polar surface area (TPSA) is 119 Å². The molecule has 3 aromatic carbocycles. The van der Waals surface area contributed by atoms with Gasteiger partial charge in [-0.1, -0.05) is 56.6 Å². The summed E-state index contributed by atoms with van der Waals surface area (Å²) < 4.78 is 0. The third-order valence-corrected chi connectivity index (χ3v) is 6.33. The predicted octanol–water partition coefficient (Wildman–Crippen LogP) is 7.08. The van der Waals surface area contributed by atoms with E-state index in [0.717, 1.165) is 12.0 Å². The Bertz CT molecular complexity index is 1280. The number of nitro groups is 2. The molecule has 0 saturated heterocycles. The largest absolute Gasteiger partial charge is 0.326 e. The molecule has 36 heavy (non-hydrogen) atoms. The van der Waals surface area contributed by atoms with E-state index < -0.39 is 15.9 Å². The van der Waals surface area contributed by atoms with E-state index >= 15 is 0 Å². The average molecular weight is 511 g/mol. The minimum Gasteiger partial charge on any atom is -0.307 e. The SMILES string of the molecule is CCc1ccc(N(Cc2ccc([N+](=O)[O-])cc2)C(=O)Nc2c(CC)c(Cl)cc([N+](=O)[O-])c2CC)cc1. The predicted molar refractivity (Wildman–Crippen MR) is 141 cm³/mol. The maximum absolute atomic E-state index is 13.7. The number of benzene rings is 3. The number of amides is 2. The summed E-state index contributed by atoms with van der Waals surface area (Å²) in [4.78, 5) is 36.9. The lowest BCUT2D eigenvalue weighted by atomic mass is 10.0. The third-order valence-electron chi connectivity index (χ3n) is 5.99. The Morgan fingerprint density at radius 2 is 1.44 bits per heavy atom. The van der Waals surface area contributed by atoms with Crippen LogP contribution in [0.2, 0.25) is 5.02 Å². The number of nitro benzene ring substituents is 2. The number of halogens is 1. The molecule has 0 spiro atoms. The summed E-state index contributed by atoms with van der Waals surface area (Å²) >= 11 is 6.37. The van der Waals surface area contributed by atoms with Gasteiger partial charge in [0.25, 0.3) is 11.4 Å². The van der Waals surface area contributed by atoms with Gasteiger partial charge in [-0.15, -0.1) is 0 Å². The van der Waals surface area contributed by atoms with E-state index in [-0.39, 0.29) is 22.9 Å². The van der Waals surface area contributed by atoms with Crippen molar-refractivity contribution in [2.24, 2.45) is 0 Å². The maximum Gasteiger partial charge on any atom is 0.326 e. The van der Waals surface area contributed by atoms with Gasteiger partial charge in [-0.05, 0) is 48.1 Å². The van der Waals surface area contributed by atoms with Crippen LogP contribution in [-0.2, 0) is 25.8 Å². The molecule has 0 atom stereocenters. The zero-order valence-electron chi connectivity index (χ0n) is 20.3. The Labute approximate surface area is 214 Å². The molecule has 1 N–H and O–H groups in total. The molecule has 0 unspecified atom stereocenters. The third kappa shape index (κ3) is 5.80. The number of rotatable bonds is 9. The number of anilines is 2. The van der Waals surface area contributed by atoms with Gasteiger partial charge in [0.1, 0.15) is 0 Å². The van der Waals surface area contributed by atoms with Crippen LogP contribution in [-0.4, -0.2) is 15.9 Å². The highest BCUT2D eigenvalue weighted by Gasteiger charge is 2.26. The first kappa shape index (κ1) is 26.6. The van der Waals surface area contributed by atoms with Gasteiger partial charge in [0.15, 0.2) is 0 Å². The fourth-order valence-electron chi connectivity index (χ4n) is 4.01. The minimum atomic E-state index is -0.502. The highest BCUT2D eigenvalue weighted by atomic mass is 35.5. The number of non-ortho nitro benzene ring substituents is 1. The minimum absolute atomic E-state index is 0.0477. The number of carbonyl (C=O) groups is 1. The van der Waals surface area contributed by atoms with Crippen molar-refractivity contribution in [3.63, 3.8) is 0 Å². The lowest BCUT2D eigenvalue weighted by Gasteiger charge is -2.25. The normalized spacial score (nSPS) is 10.7. The second-order valence-corrected chi connectivity index (χ2v) is 8.54.